The molecule has 1 aromatic rings. The molecule has 0 saturated heterocycles. The third kappa shape index (κ3) is 3.81. The van der Waals surface area contributed by atoms with Crippen molar-refractivity contribution < 1.29 is 0 Å². The van der Waals surface area contributed by atoms with Gasteiger partial charge in [0.15, 0.2) is 0 Å². The third-order valence-electron chi connectivity index (χ3n) is 2.92. The molecule has 80 valence electrons. The molecule has 0 aliphatic rings. The largest absolute Gasteiger partial charge is 0.314 e. The zero-order valence-corrected chi connectivity index (χ0v) is 10.2. The first-order valence-corrected chi connectivity index (χ1v) is 6.37. The average Bonchev–Trinajstić information content (AvgIpc) is 2.69. The molecule has 1 aromatic heterocycles. The highest BCUT2D eigenvalue weighted by Gasteiger charge is 2.08. The summed E-state index contributed by atoms with van der Waals surface area (Å²) in [5.74, 6) is 0.776. The quantitative estimate of drug-likeness (QED) is 0.761. The lowest BCUT2D eigenvalue weighted by molar-refractivity contribution is 0.393. The number of rotatable bonds is 6. The van der Waals surface area contributed by atoms with Gasteiger partial charge in [0.05, 0.1) is 0 Å². The topological polar surface area (TPSA) is 12.0 Å². The Labute approximate surface area is 91.5 Å². The van der Waals surface area contributed by atoms with E-state index in [1.165, 1.54) is 17.7 Å². The third-order valence-corrected chi connectivity index (χ3v) is 3.85. The molecule has 2 heteroatoms. The Bertz CT molecular complexity index is 230. The zero-order valence-electron chi connectivity index (χ0n) is 9.42. The Morgan fingerprint density at radius 2 is 2.21 bits per heavy atom. The lowest BCUT2D eigenvalue weighted by atomic mass is 10.0. The summed E-state index contributed by atoms with van der Waals surface area (Å²) in [5.41, 5.74) is 0. The molecule has 0 bridgehead atoms. The van der Waals surface area contributed by atoms with Crippen molar-refractivity contribution in [2.24, 2.45) is 5.92 Å². The van der Waals surface area contributed by atoms with Crippen LogP contribution in [0.2, 0.25) is 0 Å². The molecule has 0 amide bonds. The Morgan fingerprint density at radius 3 is 2.79 bits per heavy atom. The van der Waals surface area contributed by atoms with E-state index in [-0.39, 0.29) is 0 Å². The van der Waals surface area contributed by atoms with Gasteiger partial charge in [0, 0.05) is 17.5 Å². The van der Waals surface area contributed by atoms with Crippen LogP contribution in [-0.4, -0.2) is 12.6 Å². The Morgan fingerprint density at radius 1 is 1.43 bits per heavy atom. The minimum absolute atomic E-state index is 0.639. The molecule has 0 fully saturated rings. The van der Waals surface area contributed by atoms with E-state index in [0.29, 0.717) is 6.04 Å². The van der Waals surface area contributed by atoms with Gasteiger partial charge in [-0.1, -0.05) is 26.3 Å². The van der Waals surface area contributed by atoms with Crippen molar-refractivity contribution in [1.29, 1.82) is 0 Å². The fourth-order valence-corrected chi connectivity index (χ4v) is 2.14. The summed E-state index contributed by atoms with van der Waals surface area (Å²) in [4.78, 5) is 1.48. The molecule has 2 atom stereocenters. The van der Waals surface area contributed by atoms with Crippen LogP contribution in [0.1, 0.15) is 32.1 Å². The number of thiophene rings is 1. The maximum absolute atomic E-state index is 3.58. The second-order valence-corrected chi connectivity index (χ2v) is 4.99. The van der Waals surface area contributed by atoms with E-state index in [1.807, 2.05) is 11.3 Å². The Kier molecular flexibility index (Phi) is 5.20. The summed E-state index contributed by atoms with van der Waals surface area (Å²) < 4.78 is 0. The molecule has 1 heterocycles. The molecule has 1 N–H and O–H groups in total. The minimum atomic E-state index is 0.639. The summed E-state index contributed by atoms with van der Waals surface area (Å²) in [6.45, 7) is 7.94. The van der Waals surface area contributed by atoms with Crippen LogP contribution in [0.3, 0.4) is 0 Å². The van der Waals surface area contributed by atoms with Gasteiger partial charge < -0.3 is 5.32 Å². The highest BCUT2D eigenvalue weighted by molar-refractivity contribution is 7.09. The van der Waals surface area contributed by atoms with Crippen molar-refractivity contribution >= 4 is 11.3 Å². The van der Waals surface area contributed by atoms with E-state index in [4.69, 9.17) is 0 Å². The predicted octanol–water partition coefficient (Wildman–Crippen LogP) is 3.31. The first-order valence-electron chi connectivity index (χ1n) is 5.49. The van der Waals surface area contributed by atoms with E-state index < -0.39 is 0 Å². The van der Waals surface area contributed by atoms with Gasteiger partial charge in [-0.25, -0.2) is 0 Å². The monoisotopic (exact) mass is 211 g/mol. The van der Waals surface area contributed by atoms with Gasteiger partial charge in [0.2, 0.25) is 0 Å². The normalized spacial score (nSPS) is 15.4. The van der Waals surface area contributed by atoms with Crippen LogP contribution in [0.25, 0.3) is 0 Å². The molecule has 0 aliphatic heterocycles. The maximum Gasteiger partial charge on any atom is 0.00643 e. The van der Waals surface area contributed by atoms with E-state index >= 15 is 0 Å². The van der Waals surface area contributed by atoms with Gasteiger partial charge in [-0.15, -0.1) is 11.3 Å². The van der Waals surface area contributed by atoms with Crippen LogP contribution in [0, 0.1) is 5.92 Å². The highest BCUT2D eigenvalue weighted by atomic mass is 32.1. The van der Waals surface area contributed by atoms with Crippen molar-refractivity contribution in [3.05, 3.63) is 22.4 Å². The number of hydrogen-bond acceptors (Lipinski definition) is 2. The van der Waals surface area contributed by atoms with Crippen molar-refractivity contribution in [2.75, 3.05) is 6.54 Å². The summed E-state index contributed by atoms with van der Waals surface area (Å²) in [7, 11) is 0. The van der Waals surface area contributed by atoms with Crippen molar-refractivity contribution in [3.8, 4) is 0 Å². The predicted molar refractivity (Wildman–Crippen MR) is 64.9 cm³/mol. The van der Waals surface area contributed by atoms with Gasteiger partial charge in [-0.2, -0.15) is 0 Å². The maximum atomic E-state index is 3.58. The second kappa shape index (κ2) is 6.20. The SMILES string of the molecule is CCC(C)C(C)NCCc1cccs1. The Balaban J connectivity index is 2.15. The molecular weight excluding hydrogens is 190 g/mol. The van der Waals surface area contributed by atoms with E-state index in [0.717, 1.165) is 12.5 Å². The van der Waals surface area contributed by atoms with Crippen molar-refractivity contribution in [3.63, 3.8) is 0 Å². The lowest BCUT2D eigenvalue weighted by Crippen LogP contribution is -2.33. The molecule has 0 saturated carbocycles. The van der Waals surface area contributed by atoms with Gasteiger partial charge in [-0.05, 0) is 30.7 Å². The Hall–Kier alpha value is -0.340. The first-order chi connectivity index (χ1) is 6.74. The molecule has 1 nitrogen and oxygen atoms in total. The zero-order chi connectivity index (χ0) is 10.4. The highest BCUT2D eigenvalue weighted by Crippen LogP contribution is 2.10. The lowest BCUT2D eigenvalue weighted by Gasteiger charge is -2.19. The van der Waals surface area contributed by atoms with E-state index in [2.05, 4.69) is 43.6 Å². The molecule has 0 radical (unpaired) electrons. The van der Waals surface area contributed by atoms with Crippen LogP contribution < -0.4 is 5.32 Å². The summed E-state index contributed by atoms with van der Waals surface area (Å²) in [6.07, 6.45) is 2.42. The average molecular weight is 211 g/mol. The molecule has 2 unspecified atom stereocenters. The van der Waals surface area contributed by atoms with Crippen LogP contribution in [0.4, 0.5) is 0 Å². The summed E-state index contributed by atoms with van der Waals surface area (Å²) in [6, 6.07) is 4.97. The summed E-state index contributed by atoms with van der Waals surface area (Å²) in [5, 5.41) is 5.72. The van der Waals surface area contributed by atoms with Crippen LogP contribution >= 0.6 is 11.3 Å². The van der Waals surface area contributed by atoms with Crippen LogP contribution in [0.15, 0.2) is 17.5 Å². The number of nitrogens with one attached hydrogen (secondary N) is 1. The molecular formula is C12H21NS. The first kappa shape index (κ1) is 11.7. The van der Waals surface area contributed by atoms with E-state index in [9.17, 15) is 0 Å². The van der Waals surface area contributed by atoms with Crippen molar-refractivity contribution in [1.82, 2.24) is 5.32 Å². The molecule has 0 aromatic carbocycles. The minimum Gasteiger partial charge on any atom is -0.314 e. The standard InChI is InChI=1S/C12H21NS/c1-4-10(2)11(3)13-8-7-12-6-5-9-14-12/h5-6,9-11,13H,4,7-8H2,1-3H3. The molecule has 1 rings (SSSR count). The number of hydrogen-bond donors (Lipinski definition) is 1. The van der Waals surface area contributed by atoms with Gasteiger partial charge >= 0.3 is 0 Å². The summed E-state index contributed by atoms with van der Waals surface area (Å²) >= 11 is 1.85. The smallest absolute Gasteiger partial charge is 0.00643 e. The van der Waals surface area contributed by atoms with Crippen LogP contribution in [0.5, 0.6) is 0 Å². The molecule has 14 heavy (non-hydrogen) atoms. The fourth-order valence-electron chi connectivity index (χ4n) is 1.43. The van der Waals surface area contributed by atoms with Gasteiger partial charge in [0.1, 0.15) is 0 Å². The van der Waals surface area contributed by atoms with Gasteiger partial charge in [-0.3, -0.25) is 0 Å². The van der Waals surface area contributed by atoms with E-state index in [1.54, 1.807) is 0 Å². The van der Waals surface area contributed by atoms with Gasteiger partial charge in [0.25, 0.3) is 0 Å². The molecule has 0 spiro atoms. The second-order valence-electron chi connectivity index (χ2n) is 3.96. The van der Waals surface area contributed by atoms with Crippen LogP contribution in [-0.2, 0) is 6.42 Å². The van der Waals surface area contributed by atoms with Crippen molar-refractivity contribution in [2.45, 2.75) is 39.7 Å². The fraction of sp³-hybridized carbons (Fsp3) is 0.667. The molecule has 0 aliphatic carbocycles.